The molecule has 0 bridgehead atoms. The minimum Gasteiger partial charge on any atom is -0.442 e. The summed E-state index contributed by atoms with van der Waals surface area (Å²) in [5, 5.41) is 12.5. The molecule has 0 aliphatic rings. The zero-order valence-corrected chi connectivity index (χ0v) is 18.0. The number of aromatic nitrogens is 9. The van der Waals surface area contributed by atoms with E-state index in [9.17, 15) is 4.79 Å². The summed E-state index contributed by atoms with van der Waals surface area (Å²) in [6, 6.07) is 3.82. The van der Waals surface area contributed by atoms with Gasteiger partial charge in [0.1, 0.15) is 11.2 Å². The third-order valence-electron chi connectivity index (χ3n) is 4.91. The fraction of sp³-hybridized carbons (Fsp3) is 0.286. The number of imidazole rings is 1. The molecule has 0 saturated heterocycles. The Morgan fingerprint density at radius 3 is 2.78 bits per heavy atom. The Labute approximate surface area is 182 Å². The third-order valence-corrected chi connectivity index (χ3v) is 4.91. The molecule has 1 atom stereocenters. The second kappa shape index (κ2) is 7.22. The standard InChI is InChI=1S/C21H21N9O2/c1-13(14-5-6-17-22-7-8-28(17)11-14)30-19-18(26-27-30)23-10-16(25-19)15-9-24-29(12-15)20(31)32-21(2,3)4/h5-13H,1-4H3/t13-/m0/s1. The van der Waals surface area contributed by atoms with Crippen molar-refractivity contribution in [3.63, 3.8) is 0 Å². The number of carbonyl (C=O) groups is 1. The largest absolute Gasteiger partial charge is 0.442 e. The maximum Gasteiger partial charge on any atom is 0.435 e. The number of ether oxygens (including phenoxy) is 1. The molecule has 0 spiro atoms. The topological polar surface area (TPSA) is 118 Å². The van der Waals surface area contributed by atoms with Crippen LogP contribution in [-0.2, 0) is 4.74 Å². The van der Waals surface area contributed by atoms with E-state index in [2.05, 4.69) is 25.4 Å². The zero-order valence-electron chi connectivity index (χ0n) is 18.0. The summed E-state index contributed by atoms with van der Waals surface area (Å²) in [6.45, 7) is 7.42. The second-order valence-corrected chi connectivity index (χ2v) is 8.42. The van der Waals surface area contributed by atoms with Crippen molar-refractivity contribution in [3.8, 4) is 11.3 Å². The average molecular weight is 431 g/mol. The van der Waals surface area contributed by atoms with Crippen molar-refractivity contribution in [1.82, 2.24) is 44.1 Å². The minimum absolute atomic E-state index is 0.138. The molecule has 5 aromatic heterocycles. The maximum absolute atomic E-state index is 12.3. The first-order chi connectivity index (χ1) is 15.3. The molecule has 0 aliphatic carbocycles. The lowest BCUT2D eigenvalue weighted by atomic mass is 10.1. The molecule has 11 heteroatoms. The van der Waals surface area contributed by atoms with Crippen LogP contribution in [0.3, 0.4) is 0 Å². The van der Waals surface area contributed by atoms with Crippen molar-refractivity contribution < 1.29 is 9.53 Å². The van der Waals surface area contributed by atoms with Crippen molar-refractivity contribution in [2.75, 3.05) is 0 Å². The van der Waals surface area contributed by atoms with Gasteiger partial charge in [0.25, 0.3) is 0 Å². The van der Waals surface area contributed by atoms with Gasteiger partial charge in [-0.05, 0) is 39.3 Å². The highest BCUT2D eigenvalue weighted by atomic mass is 16.6. The van der Waals surface area contributed by atoms with E-state index in [4.69, 9.17) is 9.72 Å². The fourth-order valence-corrected chi connectivity index (χ4v) is 3.32. The van der Waals surface area contributed by atoms with Crippen LogP contribution >= 0.6 is 0 Å². The number of hydrogen-bond donors (Lipinski definition) is 0. The molecule has 0 aliphatic heterocycles. The van der Waals surface area contributed by atoms with Crippen LogP contribution < -0.4 is 0 Å². The normalized spacial score (nSPS) is 13.0. The van der Waals surface area contributed by atoms with Crippen LogP contribution in [-0.4, -0.2) is 55.8 Å². The van der Waals surface area contributed by atoms with Crippen LogP contribution in [0.5, 0.6) is 0 Å². The summed E-state index contributed by atoms with van der Waals surface area (Å²) in [5.41, 5.74) is 3.42. The van der Waals surface area contributed by atoms with E-state index < -0.39 is 11.7 Å². The summed E-state index contributed by atoms with van der Waals surface area (Å²) in [7, 11) is 0. The predicted octanol–water partition coefficient (Wildman–Crippen LogP) is 3.13. The summed E-state index contributed by atoms with van der Waals surface area (Å²) in [4.78, 5) is 25.6. The number of rotatable bonds is 3. The molecule has 0 unspecified atom stereocenters. The van der Waals surface area contributed by atoms with Gasteiger partial charge in [0.2, 0.25) is 5.65 Å². The van der Waals surface area contributed by atoms with Crippen molar-refractivity contribution in [2.24, 2.45) is 0 Å². The van der Waals surface area contributed by atoms with Crippen molar-refractivity contribution >= 4 is 23.0 Å². The fourth-order valence-electron chi connectivity index (χ4n) is 3.32. The summed E-state index contributed by atoms with van der Waals surface area (Å²) >= 11 is 0. The number of carbonyl (C=O) groups excluding carboxylic acids is 1. The van der Waals surface area contributed by atoms with E-state index in [-0.39, 0.29) is 6.04 Å². The van der Waals surface area contributed by atoms with Crippen molar-refractivity contribution in [2.45, 2.75) is 39.3 Å². The molecule has 162 valence electrons. The first-order valence-electron chi connectivity index (χ1n) is 10.1. The van der Waals surface area contributed by atoms with Crippen LogP contribution in [0, 0.1) is 0 Å². The number of nitrogens with zero attached hydrogens (tertiary/aromatic N) is 9. The quantitative estimate of drug-likeness (QED) is 0.428. The SMILES string of the molecule is C[C@@H](c1ccc2nccn2c1)n1nnc2ncc(-c3cnn(C(=O)OC(C)(C)C)c3)nc21. The molecule has 0 amide bonds. The van der Waals surface area contributed by atoms with E-state index >= 15 is 0 Å². The van der Waals surface area contributed by atoms with Gasteiger partial charge >= 0.3 is 6.09 Å². The Bertz CT molecular complexity index is 1440. The number of fused-ring (bicyclic) bond motifs is 2. The van der Waals surface area contributed by atoms with Gasteiger partial charge in [0.05, 0.1) is 24.1 Å². The second-order valence-electron chi connectivity index (χ2n) is 8.42. The number of hydrogen-bond acceptors (Lipinski definition) is 8. The highest BCUT2D eigenvalue weighted by Gasteiger charge is 2.20. The summed E-state index contributed by atoms with van der Waals surface area (Å²) in [5.74, 6) is 0. The first kappa shape index (κ1) is 19.8. The number of pyridine rings is 1. The van der Waals surface area contributed by atoms with E-state index in [1.807, 2.05) is 35.9 Å². The van der Waals surface area contributed by atoms with E-state index in [0.717, 1.165) is 15.9 Å². The molecule has 0 N–H and O–H groups in total. The highest BCUT2D eigenvalue weighted by Crippen LogP contribution is 2.23. The predicted molar refractivity (Wildman–Crippen MR) is 115 cm³/mol. The van der Waals surface area contributed by atoms with Crippen LogP contribution in [0.25, 0.3) is 28.2 Å². The first-order valence-corrected chi connectivity index (χ1v) is 10.1. The van der Waals surface area contributed by atoms with E-state index in [0.29, 0.717) is 22.6 Å². The van der Waals surface area contributed by atoms with E-state index in [1.54, 1.807) is 50.2 Å². The Morgan fingerprint density at radius 1 is 1.12 bits per heavy atom. The summed E-state index contributed by atoms with van der Waals surface area (Å²) < 4.78 is 10.2. The van der Waals surface area contributed by atoms with Crippen molar-refractivity contribution in [3.05, 3.63) is 54.9 Å². The zero-order chi connectivity index (χ0) is 22.5. The van der Waals surface area contributed by atoms with Gasteiger partial charge < -0.3 is 9.14 Å². The van der Waals surface area contributed by atoms with E-state index in [1.165, 1.54) is 0 Å². The van der Waals surface area contributed by atoms with Gasteiger partial charge in [-0.15, -0.1) is 5.10 Å². The lowest BCUT2D eigenvalue weighted by molar-refractivity contribution is 0.0514. The van der Waals surface area contributed by atoms with Gasteiger partial charge in [-0.1, -0.05) is 11.3 Å². The molecule has 0 aromatic carbocycles. The molecule has 0 saturated carbocycles. The Kier molecular flexibility index (Phi) is 4.47. The van der Waals surface area contributed by atoms with Crippen LogP contribution in [0.2, 0.25) is 0 Å². The highest BCUT2D eigenvalue weighted by molar-refractivity contribution is 5.73. The van der Waals surface area contributed by atoms with Gasteiger partial charge in [0, 0.05) is 30.4 Å². The molecule has 0 fully saturated rings. The smallest absolute Gasteiger partial charge is 0.435 e. The molecule has 5 heterocycles. The lowest BCUT2D eigenvalue weighted by Crippen LogP contribution is -2.27. The van der Waals surface area contributed by atoms with Crippen LogP contribution in [0.4, 0.5) is 4.79 Å². The molecule has 0 radical (unpaired) electrons. The van der Waals surface area contributed by atoms with Crippen LogP contribution in [0.15, 0.2) is 49.3 Å². The average Bonchev–Trinajstić information content (AvgIpc) is 3.50. The minimum atomic E-state index is -0.615. The molecule has 5 aromatic rings. The Morgan fingerprint density at radius 2 is 1.97 bits per heavy atom. The van der Waals surface area contributed by atoms with Gasteiger partial charge in [-0.3, -0.25) is 0 Å². The Balaban J connectivity index is 1.48. The monoisotopic (exact) mass is 431 g/mol. The summed E-state index contributed by atoms with van der Waals surface area (Å²) in [6.07, 6.45) is 9.78. The lowest BCUT2D eigenvalue weighted by Gasteiger charge is -2.18. The molecule has 32 heavy (non-hydrogen) atoms. The Hall–Kier alpha value is -4.15. The molecule has 11 nitrogen and oxygen atoms in total. The van der Waals surface area contributed by atoms with Crippen molar-refractivity contribution in [1.29, 1.82) is 0 Å². The van der Waals surface area contributed by atoms with Gasteiger partial charge in [-0.2, -0.15) is 9.78 Å². The molecule has 5 rings (SSSR count). The molecular weight excluding hydrogens is 410 g/mol. The van der Waals surface area contributed by atoms with Gasteiger partial charge in [0.15, 0.2) is 5.65 Å². The maximum atomic E-state index is 12.3. The van der Waals surface area contributed by atoms with Crippen LogP contribution in [0.1, 0.15) is 39.3 Å². The van der Waals surface area contributed by atoms with Gasteiger partial charge in [-0.25, -0.2) is 24.4 Å². The third kappa shape index (κ3) is 3.57. The molecular formula is C21H21N9O2.